The summed E-state index contributed by atoms with van der Waals surface area (Å²) in [7, 11) is 0. The number of nitrogens with one attached hydrogen (secondary N) is 3. The number of phenolic OH excluding ortho intramolecular Hbond substituents is 1. The summed E-state index contributed by atoms with van der Waals surface area (Å²) in [6.45, 7) is -0.534. The third-order valence-electron chi connectivity index (χ3n) is 5.42. The van der Waals surface area contributed by atoms with E-state index in [0.717, 1.165) is 0 Å². The largest absolute Gasteiger partial charge is 0.508 e. The van der Waals surface area contributed by atoms with Gasteiger partial charge in [-0.25, -0.2) is 4.79 Å². The third kappa shape index (κ3) is 11.7. The molecule has 0 bridgehead atoms. The molecule has 0 aliphatic carbocycles. The van der Waals surface area contributed by atoms with Gasteiger partial charge in [0.25, 0.3) is 0 Å². The Morgan fingerprint density at radius 2 is 1.38 bits per heavy atom. The molecule has 0 heterocycles. The maximum atomic E-state index is 13.0. The van der Waals surface area contributed by atoms with E-state index in [1.165, 1.54) is 12.1 Å². The molecule has 4 unspecified atom stereocenters. The number of amides is 4. The SMILES string of the molecule is NCCCCC(NC(=O)C(CCC(N)=O)NC(=O)C(N)Cc1ccc(O)cc1)C(=O)NC(CO)C(=O)O. The highest BCUT2D eigenvalue weighted by atomic mass is 16.4. The van der Waals surface area contributed by atoms with Gasteiger partial charge in [0, 0.05) is 6.42 Å². The number of carbonyl (C=O) groups is 5. The van der Waals surface area contributed by atoms with Gasteiger partial charge in [-0.2, -0.15) is 0 Å². The number of unbranched alkanes of at least 4 members (excludes halogenated alkanes) is 1. The van der Waals surface area contributed by atoms with Crippen molar-refractivity contribution in [2.24, 2.45) is 17.2 Å². The number of carboxylic acids is 1. The Hall–Kier alpha value is -3.75. The summed E-state index contributed by atoms with van der Waals surface area (Å²) in [5, 5.41) is 34.7. The number of aliphatic carboxylic acids is 1. The highest BCUT2D eigenvalue weighted by molar-refractivity contribution is 5.94. The number of aromatic hydroxyl groups is 1. The molecule has 1 aromatic carbocycles. The molecule has 4 amide bonds. The highest BCUT2D eigenvalue weighted by Gasteiger charge is 2.30. The third-order valence-corrected chi connectivity index (χ3v) is 5.42. The lowest BCUT2D eigenvalue weighted by atomic mass is 10.0. The summed E-state index contributed by atoms with van der Waals surface area (Å²) in [6, 6.07) is 0.912. The molecule has 0 spiro atoms. The van der Waals surface area contributed by atoms with Crippen LogP contribution < -0.4 is 33.2 Å². The molecule has 1 rings (SSSR count). The summed E-state index contributed by atoms with van der Waals surface area (Å²) >= 11 is 0. The second-order valence-electron chi connectivity index (χ2n) is 8.47. The van der Waals surface area contributed by atoms with Crippen molar-refractivity contribution >= 4 is 29.6 Å². The van der Waals surface area contributed by atoms with Gasteiger partial charge in [-0.15, -0.1) is 0 Å². The minimum absolute atomic E-state index is 0.0451. The molecule has 0 saturated carbocycles. The molecule has 206 valence electrons. The van der Waals surface area contributed by atoms with Crippen LogP contribution in [0.2, 0.25) is 0 Å². The molecular formula is C23H36N6O8. The van der Waals surface area contributed by atoms with Gasteiger partial charge in [0.05, 0.1) is 12.6 Å². The van der Waals surface area contributed by atoms with Crippen LogP contribution in [0.5, 0.6) is 5.75 Å². The smallest absolute Gasteiger partial charge is 0.328 e. The van der Waals surface area contributed by atoms with Crippen LogP contribution in [0.25, 0.3) is 0 Å². The predicted molar refractivity (Wildman–Crippen MR) is 132 cm³/mol. The number of nitrogens with two attached hydrogens (primary N) is 3. The Labute approximate surface area is 213 Å². The Morgan fingerprint density at radius 1 is 0.838 bits per heavy atom. The first-order valence-electron chi connectivity index (χ1n) is 11.7. The van der Waals surface area contributed by atoms with Gasteiger partial charge >= 0.3 is 5.97 Å². The van der Waals surface area contributed by atoms with Crippen LogP contribution in [-0.4, -0.2) is 82.2 Å². The Kier molecular flexibility index (Phi) is 13.6. The van der Waals surface area contributed by atoms with Crippen molar-refractivity contribution in [3.63, 3.8) is 0 Å². The minimum atomic E-state index is -1.58. The predicted octanol–water partition coefficient (Wildman–Crippen LogP) is -2.81. The maximum absolute atomic E-state index is 13.0. The molecule has 4 atom stereocenters. The summed E-state index contributed by atoms with van der Waals surface area (Å²) < 4.78 is 0. The van der Waals surface area contributed by atoms with Gasteiger partial charge in [0.15, 0.2) is 0 Å². The summed E-state index contributed by atoms with van der Waals surface area (Å²) in [5.41, 5.74) is 17.3. The molecule has 1 aromatic rings. The van der Waals surface area contributed by atoms with E-state index in [4.69, 9.17) is 22.3 Å². The van der Waals surface area contributed by atoms with Gasteiger partial charge in [-0.05, 0) is 56.3 Å². The number of aliphatic hydroxyl groups excluding tert-OH is 1. The van der Waals surface area contributed by atoms with E-state index in [1.54, 1.807) is 12.1 Å². The zero-order valence-electron chi connectivity index (χ0n) is 20.4. The fraction of sp³-hybridized carbons (Fsp3) is 0.522. The average molecular weight is 525 g/mol. The molecular weight excluding hydrogens is 488 g/mol. The van der Waals surface area contributed by atoms with Crippen molar-refractivity contribution < 1.29 is 39.3 Å². The number of phenols is 1. The van der Waals surface area contributed by atoms with Gasteiger partial charge < -0.3 is 48.5 Å². The first kappa shape index (κ1) is 31.3. The molecule has 14 nitrogen and oxygen atoms in total. The van der Waals surface area contributed by atoms with Crippen molar-refractivity contribution in [3.8, 4) is 5.75 Å². The topological polar surface area (TPSA) is 260 Å². The molecule has 0 saturated heterocycles. The second kappa shape index (κ2) is 16.1. The van der Waals surface area contributed by atoms with Crippen LogP contribution in [0.3, 0.4) is 0 Å². The number of hydrogen-bond donors (Lipinski definition) is 9. The lowest BCUT2D eigenvalue weighted by Gasteiger charge is -2.25. The van der Waals surface area contributed by atoms with Crippen LogP contribution in [0.4, 0.5) is 0 Å². The number of primary amides is 1. The number of benzene rings is 1. The number of carbonyl (C=O) groups excluding carboxylic acids is 4. The van der Waals surface area contributed by atoms with E-state index in [2.05, 4.69) is 16.0 Å². The first-order chi connectivity index (χ1) is 17.5. The quantitative estimate of drug-likeness (QED) is 0.0944. The molecule has 37 heavy (non-hydrogen) atoms. The highest BCUT2D eigenvalue weighted by Crippen LogP contribution is 2.11. The van der Waals surface area contributed by atoms with E-state index < -0.39 is 60.4 Å². The molecule has 0 aliphatic heterocycles. The van der Waals surface area contributed by atoms with Gasteiger partial charge in [0.1, 0.15) is 23.9 Å². The van der Waals surface area contributed by atoms with Crippen molar-refractivity contribution in [3.05, 3.63) is 29.8 Å². The van der Waals surface area contributed by atoms with Gasteiger partial charge in [0.2, 0.25) is 23.6 Å². The summed E-state index contributed by atoms with van der Waals surface area (Å²) in [6.07, 6.45) is 0.713. The van der Waals surface area contributed by atoms with Crippen LogP contribution in [-0.2, 0) is 30.4 Å². The zero-order valence-corrected chi connectivity index (χ0v) is 20.4. The van der Waals surface area contributed by atoms with Crippen LogP contribution in [0, 0.1) is 0 Å². The fourth-order valence-electron chi connectivity index (χ4n) is 3.30. The van der Waals surface area contributed by atoms with E-state index in [0.29, 0.717) is 24.9 Å². The lowest BCUT2D eigenvalue weighted by molar-refractivity contribution is -0.143. The standard InChI is InChI=1S/C23H36N6O8/c24-10-2-1-3-16(21(34)29-18(12-30)23(36)37)28-22(35)17(8-9-19(26)32)27-20(33)15(25)11-13-4-6-14(31)7-5-13/h4-7,15-18,30-31H,1-3,8-12,24-25H2,(H2,26,32)(H,27,33)(H,28,35)(H,29,34)(H,36,37). The fourth-order valence-corrected chi connectivity index (χ4v) is 3.30. The van der Waals surface area contributed by atoms with E-state index in [9.17, 15) is 34.2 Å². The molecule has 0 fully saturated rings. The van der Waals surface area contributed by atoms with Gasteiger partial charge in [-0.3, -0.25) is 19.2 Å². The van der Waals surface area contributed by atoms with E-state index in [-0.39, 0.29) is 31.4 Å². The Balaban J connectivity index is 2.97. The monoisotopic (exact) mass is 524 g/mol. The second-order valence-corrected chi connectivity index (χ2v) is 8.47. The molecule has 14 heteroatoms. The zero-order chi connectivity index (χ0) is 28.0. The van der Waals surface area contributed by atoms with Crippen molar-refractivity contribution in [1.29, 1.82) is 0 Å². The normalized spacial score (nSPS) is 14.0. The number of hydrogen-bond acceptors (Lipinski definition) is 9. The van der Waals surface area contributed by atoms with Crippen LogP contribution >= 0.6 is 0 Å². The molecule has 0 aromatic heterocycles. The number of rotatable bonds is 17. The average Bonchev–Trinajstić information content (AvgIpc) is 2.85. The summed E-state index contributed by atoms with van der Waals surface area (Å²) in [5.74, 6) is -4.50. The summed E-state index contributed by atoms with van der Waals surface area (Å²) in [4.78, 5) is 60.9. The van der Waals surface area contributed by atoms with Crippen molar-refractivity contribution in [2.75, 3.05) is 13.2 Å². The van der Waals surface area contributed by atoms with Crippen LogP contribution in [0.1, 0.15) is 37.7 Å². The van der Waals surface area contributed by atoms with E-state index in [1.807, 2.05) is 0 Å². The molecule has 0 radical (unpaired) electrons. The van der Waals surface area contributed by atoms with Crippen LogP contribution in [0.15, 0.2) is 24.3 Å². The molecule has 12 N–H and O–H groups in total. The Morgan fingerprint density at radius 3 is 1.89 bits per heavy atom. The number of aliphatic hydroxyl groups is 1. The Bertz CT molecular complexity index is 926. The van der Waals surface area contributed by atoms with E-state index >= 15 is 0 Å². The maximum Gasteiger partial charge on any atom is 0.328 e. The van der Waals surface area contributed by atoms with Gasteiger partial charge in [-0.1, -0.05) is 12.1 Å². The minimum Gasteiger partial charge on any atom is -0.508 e. The molecule has 0 aliphatic rings. The lowest BCUT2D eigenvalue weighted by Crippen LogP contribution is -2.57. The van der Waals surface area contributed by atoms with Crippen molar-refractivity contribution in [1.82, 2.24) is 16.0 Å². The van der Waals surface area contributed by atoms with Crippen molar-refractivity contribution in [2.45, 2.75) is 62.7 Å². The first-order valence-corrected chi connectivity index (χ1v) is 11.7. The number of carboxylic acid groups (broad SMARTS) is 1.